The van der Waals surface area contributed by atoms with E-state index in [9.17, 15) is 19.2 Å². The molecule has 1 aromatic rings. The maximum atomic E-state index is 12.1. The molecule has 6 heteroatoms. The molecule has 0 aliphatic heterocycles. The minimum atomic E-state index is -0.146. The number of hydrogen-bond donors (Lipinski definition) is 2. The number of Topliss-reactive ketones (excluding diaryl/α,β-unsaturated/α-hetero) is 2. The van der Waals surface area contributed by atoms with Crippen molar-refractivity contribution in [3.8, 4) is 0 Å². The molecule has 0 saturated carbocycles. The monoisotopic (exact) mass is 424 g/mol. The second-order valence-electron chi connectivity index (χ2n) is 7.33. The Morgan fingerprint density at radius 1 is 0.968 bits per heavy atom. The number of nitrogens with one attached hydrogen (secondary N) is 2. The van der Waals surface area contributed by atoms with Gasteiger partial charge in [0.2, 0.25) is 11.8 Å². The van der Waals surface area contributed by atoms with E-state index in [0.29, 0.717) is 41.8 Å². The quantitative estimate of drug-likeness (QED) is 0.204. The SMILES string of the molecule is C=C(/C=C(\C=C/C)NC(=O)CCCCCCC(=O)Nc1cccc(C(C)=O)c1)C(C)=O. The summed E-state index contributed by atoms with van der Waals surface area (Å²) in [7, 11) is 0. The summed E-state index contributed by atoms with van der Waals surface area (Å²) in [6.45, 7) is 8.41. The number of anilines is 1. The zero-order chi connectivity index (χ0) is 23.2. The maximum absolute atomic E-state index is 12.1. The highest BCUT2D eigenvalue weighted by Gasteiger charge is 2.07. The highest BCUT2D eigenvalue weighted by atomic mass is 16.2. The van der Waals surface area contributed by atoms with Gasteiger partial charge in [0.15, 0.2) is 11.6 Å². The second kappa shape index (κ2) is 13.9. The molecule has 0 radical (unpaired) electrons. The predicted octanol–water partition coefficient (Wildman–Crippen LogP) is 4.89. The molecule has 0 atom stereocenters. The number of rotatable bonds is 13. The molecule has 6 nitrogen and oxygen atoms in total. The molecular weight excluding hydrogens is 392 g/mol. The molecule has 0 saturated heterocycles. The number of carbonyl (C=O) groups excluding carboxylic acids is 4. The van der Waals surface area contributed by atoms with Gasteiger partial charge >= 0.3 is 0 Å². The summed E-state index contributed by atoms with van der Waals surface area (Å²) in [6.07, 6.45) is 8.93. The third-order valence-electron chi connectivity index (χ3n) is 4.52. The molecule has 2 N–H and O–H groups in total. The van der Waals surface area contributed by atoms with E-state index in [2.05, 4.69) is 17.2 Å². The second-order valence-corrected chi connectivity index (χ2v) is 7.33. The molecule has 0 fully saturated rings. The molecule has 0 aliphatic rings. The van der Waals surface area contributed by atoms with E-state index in [4.69, 9.17) is 0 Å². The van der Waals surface area contributed by atoms with Crippen LogP contribution >= 0.6 is 0 Å². The van der Waals surface area contributed by atoms with E-state index in [1.807, 2.05) is 6.92 Å². The number of amides is 2. The van der Waals surface area contributed by atoms with Crippen molar-refractivity contribution in [2.24, 2.45) is 0 Å². The third-order valence-corrected chi connectivity index (χ3v) is 4.52. The van der Waals surface area contributed by atoms with E-state index < -0.39 is 0 Å². The molecule has 0 unspecified atom stereocenters. The van der Waals surface area contributed by atoms with Crippen LogP contribution in [0, 0.1) is 0 Å². The van der Waals surface area contributed by atoms with Gasteiger partial charge in [-0.25, -0.2) is 0 Å². The van der Waals surface area contributed by atoms with E-state index in [1.165, 1.54) is 13.8 Å². The first-order valence-electron chi connectivity index (χ1n) is 10.5. The molecule has 2 amide bonds. The molecule has 0 spiro atoms. The predicted molar refractivity (Wildman–Crippen MR) is 124 cm³/mol. The van der Waals surface area contributed by atoms with Crippen molar-refractivity contribution < 1.29 is 19.2 Å². The van der Waals surface area contributed by atoms with Crippen LogP contribution in [-0.4, -0.2) is 23.4 Å². The standard InChI is InChI=1S/C25H32N2O4/c1-5-11-22(16-18(2)19(3)28)26-24(30)14-8-6-7-9-15-25(31)27-23-13-10-12-21(17-23)20(4)29/h5,10-13,16-17H,2,6-9,14-15H2,1,3-4H3,(H,26,30)(H,27,31)/b11-5-,22-16+. The Morgan fingerprint density at radius 2 is 1.61 bits per heavy atom. The smallest absolute Gasteiger partial charge is 0.224 e. The van der Waals surface area contributed by atoms with Gasteiger partial charge in [-0.15, -0.1) is 0 Å². The maximum Gasteiger partial charge on any atom is 0.224 e. The average Bonchev–Trinajstić information content (AvgIpc) is 2.70. The van der Waals surface area contributed by atoms with Gasteiger partial charge in [-0.3, -0.25) is 19.2 Å². The van der Waals surface area contributed by atoms with Crippen molar-refractivity contribution in [1.82, 2.24) is 5.32 Å². The lowest BCUT2D eigenvalue weighted by atomic mass is 10.1. The minimum Gasteiger partial charge on any atom is -0.326 e. The summed E-state index contributed by atoms with van der Waals surface area (Å²) >= 11 is 0. The Morgan fingerprint density at radius 3 is 2.19 bits per heavy atom. The fraction of sp³-hybridized carbons (Fsp3) is 0.360. The van der Waals surface area contributed by atoms with E-state index in [1.54, 1.807) is 42.5 Å². The summed E-state index contributed by atoms with van der Waals surface area (Å²) < 4.78 is 0. The molecule has 166 valence electrons. The molecule has 0 heterocycles. The first kappa shape index (κ1) is 25.8. The van der Waals surface area contributed by atoms with Crippen LogP contribution in [0.25, 0.3) is 0 Å². The van der Waals surface area contributed by atoms with Crippen LogP contribution in [0.5, 0.6) is 0 Å². The van der Waals surface area contributed by atoms with Crippen LogP contribution in [0.15, 0.2) is 60.3 Å². The Balaban J connectivity index is 2.29. The third kappa shape index (κ3) is 10.9. The van der Waals surface area contributed by atoms with Gasteiger partial charge in [0.25, 0.3) is 0 Å². The summed E-state index contributed by atoms with van der Waals surface area (Å²) in [4.78, 5) is 46.9. The number of carbonyl (C=O) groups is 4. The first-order valence-corrected chi connectivity index (χ1v) is 10.5. The number of ketones is 2. The van der Waals surface area contributed by atoms with E-state index in [0.717, 1.165) is 19.3 Å². The number of hydrogen-bond acceptors (Lipinski definition) is 4. The van der Waals surface area contributed by atoms with Gasteiger partial charge in [-0.2, -0.15) is 0 Å². The summed E-state index contributed by atoms with van der Waals surface area (Å²) in [5, 5.41) is 5.59. The fourth-order valence-electron chi connectivity index (χ4n) is 2.78. The van der Waals surface area contributed by atoms with Crippen molar-refractivity contribution in [3.05, 3.63) is 65.9 Å². The molecule has 0 aromatic heterocycles. The van der Waals surface area contributed by atoms with Crippen LogP contribution < -0.4 is 10.6 Å². The average molecular weight is 425 g/mol. The lowest BCUT2D eigenvalue weighted by Crippen LogP contribution is -2.21. The van der Waals surface area contributed by atoms with E-state index in [-0.39, 0.29) is 23.4 Å². The normalized spacial score (nSPS) is 11.3. The zero-order valence-corrected chi connectivity index (χ0v) is 18.6. The molecule has 0 aliphatic carbocycles. The van der Waals surface area contributed by atoms with Gasteiger partial charge in [0, 0.05) is 35.4 Å². The van der Waals surface area contributed by atoms with Crippen molar-refractivity contribution in [2.45, 2.75) is 59.3 Å². The van der Waals surface area contributed by atoms with Crippen molar-refractivity contribution in [2.75, 3.05) is 5.32 Å². The topological polar surface area (TPSA) is 92.3 Å². The Hall–Kier alpha value is -3.28. The Bertz CT molecular complexity index is 881. The molecule has 1 aromatic carbocycles. The van der Waals surface area contributed by atoms with Crippen molar-refractivity contribution in [3.63, 3.8) is 0 Å². The Labute approximate surface area is 184 Å². The van der Waals surface area contributed by atoms with Crippen LogP contribution in [-0.2, 0) is 14.4 Å². The summed E-state index contributed by atoms with van der Waals surface area (Å²) in [5.41, 5.74) is 2.05. The lowest BCUT2D eigenvalue weighted by Gasteiger charge is -2.08. The van der Waals surface area contributed by atoms with E-state index >= 15 is 0 Å². The minimum absolute atomic E-state index is 0.0442. The zero-order valence-electron chi connectivity index (χ0n) is 18.6. The van der Waals surface area contributed by atoms with Gasteiger partial charge in [0.1, 0.15) is 0 Å². The van der Waals surface area contributed by atoms with Gasteiger partial charge < -0.3 is 10.6 Å². The van der Waals surface area contributed by atoms with Gasteiger partial charge in [0.05, 0.1) is 0 Å². The number of benzene rings is 1. The van der Waals surface area contributed by atoms with Crippen LogP contribution in [0.2, 0.25) is 0 Å². The highest BCUT2D eigenvalue weighted by molar-refractivity contribution is 5.97. The summed E-state index contributed by atoms with van der Waals surface area (Å²) in [5.74, 6) is -0.404. The fourth-order valence-corrected chi connectivity index (χ4v) is 2.78. The van der Waals surface area contributed by atoms with Crippen LogP contribution in [0.1, 0.15) is 69.7 Å². The first-order chi connectivity index (χ1) is 14.7. The molecular formula is C25H32N2O4. The lowest BCUT2D eigenvalue weighted by molar-refractivity contribution is -0.120. The molecule has 0 bridgehead atoms. The van der Waals surface area contributed by atoms with Gasteiger partial charge in [-0.1, -0.05) is 37.6 Å². The summed E-state index contributed by atoms with van der Waals surface area (Å²) in [6, 6.07) is 6.88. The highest BCUT2D eigenvalue weighted by Crippen LogP contribution is 2.13. The number of unbranched alkanes of at least 4 members (excludes halogenated alkanes) is 3. The Kier molecular flexibility index (Phi) is 11.5. The van der Waals surface area contributed by atoms with Gasteiger partial charge in [-0.05, 0) is 57.9 Å². The van der Waals surface area contributed by atoms with Crippen molar-refractivity contribution >= 4 is 29.1 Å². The molecule has 31 heavy (non-hydrogen) atoms. The molecule has 1 rings (SSSR count). The van der Waals surface area contributed by atoms with Crippen LogP contribution in [0.4, 0.5) is 5.69 Å². The number of allylic oxidation sites excluding steroid dienone is 4. The largest absolute Gasteiger partial charge is 0.326 e. The van der Waals surface area contributed by atoms with Crippen LogP contribution in [0.3, 0.4) is 0 Å². The van der Waals surface area contributed by atoms with Crippen molar-refractivity contribution in [1.29, 1.82) is 0 Å².